The van der Waals surface area contributed by atoms with Gasteiger partial charge in [-0.1, -0.05) is 81.2 Å². The molecule has 2 heterocycles. The molecule has 2 aromatic carbocycles. The first-order valence-electron chi connectivity index (χ1n) is 13.6. The highest BCUT2D eigenvalue weighted by Crippen LogP contribution is 2.44. The summed E-state index contributed by atoms with van der Waals surface area (Å²) in [5.41, 5.74) is 2.32. The van der Waals surface area contributed by atoms with Gasteiger partial charge in [-0.3, -0.25) is 24.2 Å². The fourth-order valence-corrected chi connectivity index (χ4v) is 6.08. The van der Waals surface area contributed by atoms with Crippen LogP contribution < -0.4 is 10.2 Å². The molecule has 0 unspecified atom stereocenters. The summed E-state index contributed by atoms with van der Waals surface area (Å²) in [6.07, 6.45) is 6.59. The van der Waals surface area contributed by atoms with Crippen LogP contribution in [-0.4, -0.2) is 52.6 Å². The monoisotopic (exact) mass is 579 g/mol. The Bertz CT molecular complexity index is 1340. The second kappa shape index (κ2) is 13.7. The molecule has 0 spiro atoms. The third-order valence-electron chi connectivity index (χ3n) is 6.72. The topological polar surface area (TPSA) is 96.0 Å². The van der Waals surface area contributed by atoms with Crippen LogP contribution in [0.15, 0.2) is 53.4 Å². The van der Waals surface area contributed by atoms with E-state index in [1.54, 1.807) is 60.4 Å². The smallest absolute Gasteiger partial charge is 0.338 e. The average Bonchev–Trinajstić information content (AvgIpc) is 3.37. The zero-order chi connectivity index (χ0) is 28.6. The van der Waals surface area contributed by atoms with Crippen molar-refractivity contribution in [2.75, 3.05) is 29.9 Å². The first-order chi connectivity index (χ1) is 19.3. The maximum absolute atomic E-state index is 13.6. The molecule has 0 aliphatic carbocycles. The molecule has 210 valence electrons. The largest absolute Gasteiger partial charge is 0.462 e. The lowest BCUT2D eigenvalue weighted by Crippen LogP contribution is -2.35. The van der Waals surface area contributed by atoms with Crippen LogP contribution in [0.2, 0.25) is 0 Å². The molecule has 0 bridgehead atoms. The maximum atomic E-state index is 13.6. The Morgan fingerprint density at radius 1 is 0.900 bits per heavy atom. The first kappa shape index (κ1) is 29.5. The fourth-order valence-electron chi connectivity index (χ4n) is 4.70. The number of fused-ring (bicyclic) bond motifs is 1. The van der Waals surface area contributed by atoms with Crippen LogP contribution in [0.25, 0.3) is 5.57 Å². The second-order valence-electron chi connectivity index (χ2n) is 9.55. The van der Waals surface area contributed by atoms with E-state index in [-0.39, 0.29) is 24.6 Å². The van der Waals surface area contributed by atoms with Gasteiger partial charge in [0.2, 0.25) is 5.91 Å². The van der Waals surface area contributed by atoms with Crippen molar-refractivity contribution in [3.63, 3.8) is 0 Å². The summed E-state index contributed by atoms with van der Waals surface area (Å²) in [6, 6.07) is 13.5. The number of ether oxygens (including phenoxy) is 1. The fraction of sp³-hybridized carbons (Fsp3) is 0.367. The van der Waals surface area contributed by atoms with Gasteiger partial charge in [0, 0.05) is 17.8 Å². The number of rotatable bonds is 12. The Morgan fingerprint density at radius 3 is 2.33 bits per heavy atom. The Hall–Kier alpha value is -3.50. The van der Waals surface area contributed by atoms with Gasteiger partial charge >= 0.3 is 5.97 Å². The van der Waals surface area contributed by atoms with Gasteiger partial charge in [0.05, 0.1) is 28.3 Å². The number of carbonyl (C=O) groups is 4. The van der Waals surface area contributed by atoms with E-state index in [9.17, 15) is 19.2 Å². The number of benzene rings is 2. The normalized spacial score (nSPS) is 16.5. The van der Waals surface area contributed by atoms with Crippen LogP contribution in [-0.2, 0) is 19.1 Å². The van der Waals surface area contributed by atoms with Crippen LogP contribution in [0.4, 0.5) is 11.4 Å². The Labute approximate surface area is 244 Å². The number of unbranched alkanes of at least 4 members (excludes halogenated alkanes) is 5. The molecular weight excluding hydrogens is 546 g/mol. The molecule has 0 atom stereocenters. The molecule has 3 amide bonds. The number of thiocarbonyl (C=S) groups is 1. The minimum atomic E-state index is -0.440. The summed E-state index contributed by atoms with van der Waals surface area (Å²) >= 11 is 6.67. The van der Waals surface area contributed by atoms with Gasteiger partial charge in [-0.25, -0.2) is 4.79 Å². The number of esters is 1. The van der Waals surface area contributed by atoms with Crippen molar-refractivity contribution in [3.05, 3.63) is 64.6 Å². The third kappa shape index (κ3) is 6.62. The molecule has 0 aromatic heterocycles. The van der Waals surface area contributed by atoms with Crippen molar-refractivity contribution in [1.82, 2.24) is 4.90 Å². The molecular formula is C30H33N3O5S2. The second-order valence-corrected chi connectivity index (χ2v) is 11.2. The summed E-state index contributed by atoms with van der Waals surface area (Å²) in [5, 5.41) is 2.76. The van der Waals surface area contributed by atoms with Crippen molar-refractivity contribution in [2.24, 2.45) is 0 Å². The molecule has 2 aliphatic heterocycles. The summed E-state index contributed by atoms with van der Waals surface area (Å²) in [5.74, 6) is -1.52. The van der Waals surface area contributed by atoms with Crippen LogP contribution in [0.5, 0.6) is 0 Å². The molecule has 0 radical (unpaired) electrons. The molecule has 40 heavy (non-hydrogen) atoms. The maximum Gasteiger partial charge on any atom is 0.338 e. The predicted octanol–water partition coefficient (Wildman–Crippen LogP) is 5.78. The number of thioether (sulfide) groups is 1. The van der Waals surface area contributed by atoms with E-state index in [0.29, 0.717) is 38.3 Å². The number of para-hydroxylation sites is 1. The Kier molecular flexibility index (Phi) is 10.1. The van der Waals surface area contributed by atoms with Gasteiger partial charge in [-0.05, 0) is 43.7 Å². The van der Waals surface area contributed by atoms with Crippen molar-refractivity contribution in [1.29, 1.82) is 0 Å². The van der Waals surface area contributed by atoms with Crippen molar-refractivity contribution >= 4 is 68.9 Å². The van der Waals surface area contributed by atoms with Crippen LogP contribution >= 0.6 is 24.0 Å². The summed E-state index contributed by atoms with van der Waals surface area (Å²) in [4.78, 5) is 55.1. The Balaban J connectivity index is 1.46. The van der Waals surface area contributed by atoms with Crippen LogP contribution in [0, 0.1) is 0 Å². The standard InChI is InChI=1S/C30H33N3O5S2/c1-3-5-6-7-8-11-18-32-28(36)26(40-30(32)39)25-22-12-9-10-13-23(22)33(27(25)35)19-24(34)31-21-16-14-20(15-17-21)29(37)38-4-2/h9-10,12-17H,3-8,11,18-19H2,1-2H3,(H,31,34). The molecule has 1 saturated heterocycles. The number of amides is 3. The number of hydrogen-bond donors (Lipinski definition) is 1. The lowest BCUT2D eigenvalue weighted by Gasteiger charge is -2.17. The highest BCUT2D eigenvalue weighted by atomic mass is 32.2. The summed E-state index contributed by atoms with van der Waals surface area (Å²) in [6.45, 7) is 4.47. The van der Waals surface area contributed by atoms with Crippen molar-refractivity contribution < 1.29 is 23.9 Å². The summed E-state index contributed by atoms with van der Waals surface area (Å²) in [7, 11) is 0. The lowest BCUT2D eigenvalue weighted by molar-refractivity contribution is -0.122. The van der Waals surface area contributed by atoms with E-state index in [1.165, 1.54) is 24.2 Å². The van der Waals surface area contributed by atoms with E-state index >= 15 is 0 Å². The van der Waals surface area contributed by atoms with E-state index in [0.717, 1.165) is 31.0 Å². The van der Waals surface area contributed by atoms with E-state index in [1.807, 2.05) is 0 Å². The van der Waals surface area contributed by atoms with Crippen molar-refractivity contribution in [3.8, 4) is 0 Å². The lowest BCUT2D eigenvalue weighted by atomic mass is 10.1. The molecule has 4 rings (SSSR count). The number of carbonyl (C=O) groups excluding carboxylic acids is 4. The molecule has 0 saturated carbocycles. The van der Waals surface area contributed by atoms with Crippen LogP contribution in [0.3, 0.4) is 0 Å². The minimum Gasteiger partial charge on any atom is -0.462 e. The Morgan fingerprint density at radius 2 is 1.60 bits per heavy atom. The SMILES string of the molecule is CCCCCCCCN1C(=O)C(=C2C(=O)N(CC(=O)Nc3ccc(C(=O)OCC)cc3)c3ccccc32)SC1=S. The van der Waals surface area contributed by atoms with Gasteiger partial charge in [0.15, 0.2) is 0 Å². The average molecular weight is 580 g/mol. The molecule has 1 fully saturated rings. The van der Waals surface area contributed by atoms with E-state index < -0.39 is 17.8 Å². The third-order valence-corrected chi connectivity index (χ3v) is 8.16. The number of anilines is 2. The van der Waals surface area contributed by atoms with Crippen LogP contribution in [0.1, 0.15) is 68.3 Å². The molecule has 10 heteroatoms. The minimum absolute atomic E-state index is 0.239. The number of nitrogens with one attached hydrogen (secondary N) is 1. The zero-order valence-corrected chi connectivity index (χ0v) is 24.4. The zero-order valence-electron chi connectivity index (χ0n) is 22.7. The molecule has 2 aliphatic rings. The molecule has 2 aromatic rings. The first-order valence-corrected chi connectivity index (χ1v) is 14.8. The van der Waals surface area contributed by atoms with Gasteiger partial charge in [-0.15, -0.1) is 0 Å². The molecule has 8 nitrogen and oxygen atoms in total. The molecule has 1 N–H and O–H groups in total. The van der Waals surface area contributed by atoms with E-state index in [2.05, 4.69) is 12.2 Å². The van der Waals surface area contributed by atoms with Gasteiger partial charge in [-0.2, -0.15) is 0 Å². The van der Waals surface area contributed by atoms with Gasteiger partial charge < -0.3 is 10.1 Å². The summed E-state index contributed by atoms with van der Waals surface area (Å²) < 4.78 is 5.43. The number of hydrogen-bond acceptors (Lipinski definition) is 7. The number of nitrogens with zero attached hydrogens (tertiary/aromatic N) is 2. The van der Waals surface area contributed by atoms with Gasteiger partial charge in [0.25, 0.3) is 11.8 Å². The predicted molar refractivity (Wildman–Crippen MR) is 162 cm³/mol. The van der Waals surface area contributed by atoms with Crippen molar-refractivity contribution in [2.45, 2.75) is 52.4 Å². The highest BCUT2D eigenvalue weighted by molar-refractivity contribution is 8.26. The van der Waals surface area contributed by atoms with E-state index in [4.69, 9.17) is 17.0 Å². The highest BCUT2D eigenvalue weighted by Gasteiger charge is 2.42. The quantitative estimate of drug-likeness (QED) is 0.147. The van der Waals surface area contributed by atoms with Gasteiger partial charge in [0.1, 0.15) is 10.9 Å².